The third-order valence-electron chi connectivity index (χ3n) is 2.99. The Morgan fingerprint density at radius 3 is 2.56 bits per heavy atom. The number of hydrogen-bond acceptors (Lipinski definition) is 4. The zero-order valence-electron chi connectivity index (χ0n) is 11.4. The van der Waals surface area contributed by atoms with Gasteiger partial charge in [0, 0.05) is 17.8 Å². The highest BCUT2D eigenvalue weighted by atomic mass is 16.3. The lowest BCUT2D eigenvalue weighted by molar-refractivity contribution is 0.575. The van der Waals surface area contributed by atoms with Crippen molar-refractivity contribution in [3.8, 4) is 11.6 Å². The van der Waals surface area contributed by atoms with Crippen LogP contribution in [0.1, 0.15) is 30.7 Å². The number of nitrogens with one attached hydrogen (secondary N) is 1. The monoisotopic (exact) mass is 245 g/mol. The van der Waals surface area contributed by atoms with Crippen LogP contribution in [-0.4, -0.2) is 16.5 Å². The summed E-state index contributed by atoms with van der Waals surface area (Å²) in [6.45, 7) is 9.06. The summed E-state index contributed by atoms with van der Waals surface area (Å²) in [6.07, 6.45) is 2.56. The van der Waals surface area contributed by atoms with E-state index < -0.39 is 0 Å². The minimum absolute atomic E-state index is 0.663. The molecule has 0 saturated heterocycles. The Hall–Kier alpha value is -1.84. The maximum absolute atomic E-state index is 5.47. The maximum Gasteiger partial charge on any atom is 0.198 e. The van der Waals surface area contributed by atoms with Crippen molar-refractivity contribution in [2.45, 2.75) is 34.1 Å². The molecule has 18 heavy (non-hydrogen) atoms. The van der Waals surface area contributed by atoms with Gasteiger partial charge in [-0.05, 0) is 38.8 Å². The Morgan fingerprint density at radius 2 is 2.00 bits per heavy atom. The Morgan fingerprint density at radius 1 is 1.22 bits per heavy atom. The molecule has 0 unspecified atom stereocenters. The summed E-state index contributed by atoms with van der Waals surface area (Å²) in [7, 11) is 0. The molecule has 4 nitrogen and oxygen atoms in total. The molecule has 0 aliphatic heterocycles. The van der Waals surface area contributed by atoms with Gasteiger partial charge in [0.25, 0.3) is 0 Å². The number of aryl methyl sites for hydroxylation is 2. The van der Waals surface area contributed by atoms with Gasteiger partial charge in [-0.1, -0.05) is 6.92 Å². The maximum atomic E-state index is 5.47. The van der Waals surface area contributed by atoms with Gasteiger partial charge in [-0.25, -0.2) is 9.97 Å². The first kappa shape index (κ1) is 12.6. The van der Waals surface area contributed by atoms with Crippen LogP contribution in [0.2, 0.25) is 0 Å². The smallest absolute Gasteiger partial charge is 0.198 e. The van der Waals surface area contributed by atoms with E-state index in [1.807, 2.05) is 13.0 Å². The first-order valence-corrected chi connectivity index (χ1v) is 6.33. The lowest BCUT2D eigenvalue weighted by atomic mass is 10.1. The zero-order chi connectivity index (χ0) is 13.1. The molecular formula is C14H19N3O. The molecule has 2 heterocycles. The van der Waals surface area contributed by atoms with E-state index in [0.717, 1.165) is 41.4 Å². The lowest BCUT2D eigenvalue weighted by Crippen LogP contribution is -2.07. The van der Waals surface area contributed by atoms with Gasteiger partial charge in [0.15, 0.2) is 11.6 Å². The summed E-state index contributed by atoms with van der Waals surface area (Å²) in [5.74, 6) is 2.31. The molecule has 4 heteroatoms. The molecule has 0 aromatic carbocycles. The van der Waals surface area contributed by atoms with Gasteiger partial charge < -0.3 is 9.73 Å². The minimum atomic E-state index is 0.663. The molecule has 0 atom stereocenters. The van der Waals surface area contributed by atoms with Crippen LogP contribution in [0.15, 0.2) is 16.7 Å². The van der Waals surface area contributed by atoms with Gasteiger partial charge in [0.2, 0.25) is 0 Å². The number of hydrogen-bond donors (Lipinski definition) is 1. The predicted octanol–water partition coefficient (Wildman–Crippen LogP) is 3.35. The highest BCUT2D eigenvalue weighted by Crippen LogP contribution is 2.25. The van der Waals surface area contributed by atoms with Gasteiger partial charge >= 0.3 is 0 Å². The quantitative estimate of drug-likeness (QED) is 0.897. The SMILES string of the molecule is CCNc1nc(-c2occc2C)nc(CC)c1C. The molecule has 0 bridgehead atoms. The number of nitrogens with zero attached hydrogens (tertiary/aromatic N) is 2. The van der Waals surface area contributed by atoms with Crippen molar-refractivity contribution in [2.24, 2.45) is 0 Å². The Bertz CT molecular complexity index is 546. The predicted molar refractivity (Wildman–Crippen MR) is 72.7 cm³/mol. The molecular weight excluding hydrogens is 226 g/mol. The first-order valence-electron chi connectivity index (χ1n) is 6.33. The number of anilines is 1. The van der Waals surface area contributed by atoms with Gasteiger partial charge in [-0.3, -0.25) is 0 Å². The largest absolute Gasteiger partial charge is 0.461 e. The zero-order valence-corrected chi connectivity index (χ0v) is 11.4. The van der Waals surface area contributed by atoms with Crippen molar-refractivity contribution in [1.82, 2.24) is 9.97 Å². The second-order valence-corrected chi connectivity index (χ2v) is 4.28. The van der Waals surface area contributed by atoms with Crippen LogP contribution in [0.3, 0.4) is 0 Å². The highest BCUT2D eigenvalue weighted by molar-refractivity contribution is 5.58. The summed E-state index contributed by atoms with van der Waals surface area (Å²) in [5.41, 5.74) is 3.24. The molecule has 0 radical (unpaired) electrons. The van der Waals surface area contributed by atoms with Crippen molar-refractivity contribution in [3.05, 3.63) is 29.2 Å². The molecule has 2 aromatic rings. The van der Waals surface area contributed by atoms with Gasteiger partial charge in [-0.2, -0.15) is 0 Å². The van der Waals surface area contributed by atoms with E-state index in [-0.39, 0.29) is 0 Å². The fourth-order valence-corrected chi connectivity index (χ4v) is 1.95. The summed E-state index contributed by atoms with van der Waals surface area (Å²) >= 11 is 0. The third kappa shape index (κ3) is 2.23. The second kappa shape index (κ2) is 5.21. The standard InChI is InChI=1S/C14H19N3O/c1-5-11-10(4)13(15-6-2)17-14(16-11)12-9(3)7-8-18-12/h7-8H,5-6H2,1-4H3,(H,15,16,17). The molecule has 2 aromatic heterocycles. The summed E-state index contributed by atoms with van der Waals surface area (Å²) in [4.78, 5) is 9.15. The molecule has 0 saturated carbocycles. The van der Waals surface area contributed by atoms with Crippen molar-refractivity contribution in [3.63, 3.8) is 0 Å². The van der Waals surface area contributed by atoms with E-state index >= 15 is 0 Å². The molecule has 0 fully saturated rings. The lowest BCUT2D eigenvalue weighted by Gasteiger charge is -2.11. The topological polar surface area (TPSA) is 51.0 Å². The van der Waals surface area contributed by atoms with Crippen LogP contribution in [0.5, 0.6) is 0 Å². The van der Waals surface area contributed by atoms with E-state index in [9.17, 15) is 0 Å². The molecule has 96 valence electrons. The second-order valence-electron chi connectivity index (χ2n) is 4.28. The van der Waals surface area contributed by atoms with Gasteiger partial charge in [0.05, 0.1) is 6.26 Å². The van der Waals surface area contributed by atoms with Crippen LogP contribution in [0.4, 0.5) is 5.82 Å². The Labute approximate surface area is 107 Å². The van der Waals surface area contributed by atoms with E-state index in [4.69, 9.17) is 4.42 Å². The third-order valence-corrected chi connectivity index (χ3v) is 2.99. The summed E-state index contributed by atoms with van der Waals surface area (Å²) in [6, 6.07) is 1.93. The van der Waals surface area contributed by atoms with Crippen LogP contribution in [0.25, 0.3) is 11.6 Å². The molecule has 0 aliphatic carbocycles. The Kier molecular flexibility index (Phi) is 3.65. The fraction of sp³-hybridized carbons (Fsp3) is 0.429. The molecule has 0 aliphatic rings. The van der Waals surface area contributed by atoms with E-state index in [2.05, 4.69) is 36.1 Å². The van der Waals surface area contributed by atoms with E-state index in [1.165, 1.54) is 0 Å². The van der Waals surface area contributed by atoms with E-state index in [1.54, 1.807) is 6.26 Å². The van der Waals surface area contributed by atoms with Crippen LogP contribution in [-0.2, 0) is 6.42 Å². The van der Waals surface area contributed by atoms with Gasteiger partial charge in [0.1, 0.15) is 5.82 Å². The highest BCUT2D eigenvalue weighted by Gasteiger charge is 2.14. The Balaban J connectivity index is 2.55. The van der Waals surface area contributed by atoms with Crippen LogP contribution >= 0.6 is 0 Å². The molecule has 0 amide bonds. The van der Waals surface area contributed by atoms with E-state index in [0.29, 0.717) is 5.82 Å². The van der Waals surface area contributed by atoms with Crippen molar-refractivity contribution in [2.75, 3.05) is 11.9 Å². The molecule has 2 rings (SSSR count). The molecule has 0 spiro atoms. The molecule has 1 N–H and O–H groups in total. The summed E-state index contributed by atoms with van der Waals surface area (Å²) in [5, 5.41) is 3.28. The average molecular weight is 245 g/mol. The van der Waals surface area contributed by atoms with Crippen LogP contribution < -0.4 is 5.32 Å². The van der Waals surface area contributed by atoms with Crippen LogP contribution in [0, 0.1) is 13.8 Å². The average Bonchev–Trinajstić information content (AvgIpc) is 2.78. The first-order chi connectivity index (χ1) is 8.67. The van der Waals surface area contributed by atoms with Gasteiger partial charge in [-0.15, -0.1) is 0 Å². The normalized spacial score (nSPS) is 10.7. The van der Waals surface area contributed by atoms with Crippen molar-refractivity contribution < 1.29 is 4.42 Å². The number of aromatic nitrogens is 2. The fourth-order valence-electron chi connectivity index (χ4n) is 1.95. The summed E-state index contributed by atoms with van der Waals surface area (Å²) < 4.78 is 5.47. The minimum Gasteiger partial charge on any atom is -0.461 e. The number of furan rings is 1. The number of rotatable bonds is 4. The van der Waals surface area contributed by atoms with Crippen molar-refractivity contribution >= 4 is 5.82 Å². The van der Waals surface area contributed by atoms with Crippen molar-refractivity contribution in [1.29, 1.82) is 0 Å².